The van der Waals surface area contributed by atoms with Gasteiger partial charge in [-0.15, -0.1) is 0 Å². The smallest absolute Gasteiger partial charge is 0.550 e. The summed E-state index contributed by atoms with van der Waals surface area (Å²) in [7, 11) is 0. The van der Waals surface area contributed by atoms with Crippen LogP contribution < -0.4 is 24.0 Å². The van der Waals surface area contributed by atoms with E-state index < -0.39 is 18.2 Å². The molecule has 2 atom stereocenters. The van der Waals surface area contributed by atoms with E-state index in [4.69, 9.17) is 10.2 Å². The Hall–Kier alpha value is -0.0126. The molecule has 0 rings (SSSR count). The van der Waals surface area contributed by atoms with Gasteiger partial charge in [0.05, 0.1) is 12.2 Å². The molecular weight excluding hydrogens is 143 g/mol. The van der Waals surface area contributed by atoms with Gasteiger partial charge in [-0.25, -0.2) is 0 Å². The van der Waals surface area contributed by atoms with E-state index in [9.17, 15) is 9.90 Å². The average Bonchev–Trinajstić information content (AvgIpc) is 1.82. The van der Waals surface area contributed by atoms with E-state index in [-0.39, 0.29) is 31.7 Å². The second-order valence-corrected chi connectivity index (χ2v) is 2.22. The summed E-state index contributed by atoms with van der Waals surface area (Å²) < 4.78 is 0. The van der Waals surface area contributed by atoms with Gasteiger partial charge in [-0.05, 0) is 19.8 Å². The number of aliphatic carboxylic acids is 1. The zero-order valence-corrected chi connectivity index (χ0v) is 6.78. The SMILES string of the molecule is C[C@@H](O)[C@H](O)CCC(=O)[O-].[Li+]. The molecular formula is C6H11LiO4. The zero-order chi connectivity index (χ0) is 8.15. The minimum absolute atomic E-state index is 0. The Morgan fingerprint density at radius 2 is 2.00 bits per heavy atom. The monoisotopic (exact) mass is 154 g/mol. The molecule has 0 amide bonds. The van der Waals surface area contributed by atoms with Crippen molar-refractivity contribution in [1.82, 2.24) is 0 Å². The standard InChI is InChI=1S/C6H12O4.Li/c1-4(7)5(8)2-3-6(9)10;/h4-5,7-8H,2-3H2,1H3,(H,9,10);/q;+1/p-1/t4-,5-;/m1./s1. The average molecular weight is 154 g/mol. The van der Waals surface area contributed by atoms with Gasteiger partial charge in [0.25, 0.3) is 0 Å². The Kier molecular flexibility index (Phi) is 8.24. The van der Waals surface area contributed by atoms with Gasteiger partial charge in [-0.2, -0.15) is 0 Å². The van der Waals surface area contributed by atoms with E-state index in [2.05, 4.69) is 0 Å². The molecule has 0 saturated heterocycles. The molecule has 0 saturated carbocycles. The van der Waals surface area contributed by atoms with E-state index in [0.29, 0.717) is 0 Å². The van der Waals surface area contributed by atoms with Gasteiger partial charge in [0.2, 0.25) is 0 Å². The van der Waals surface area contributed by atoms with Crippen molar-refractivity contribution in [1.29, 1.82) is 0 Å². The third-order valence-electron chi connectivity index (χ3n) is 1.20. The van der Waals surface area contributed by atoms with Gasteiger partial charge in [-0.3, -0.25) is 0 Å². The van der Waals surface area contributed by atoms with E-state index in [1.807, 2.05) is 0 Å². The van der Waals surface area contributed by atoms with Crippen LogP contribution in [0.25, 0.3) is 0 Å². The van der Waals surface area contributed by atoms with Crippen LogP contribution >= 0.6 is 0 Å². The second-order valence-electron chi connectivity index (χ2n) is 2.22. The fourth-order valence-corrected chi connectivity index (χ4v) is 0.507. The molecule has 0 fully saturated rings. The van der Waals surface area contributed by atoms with Crippen LogP contribution in [-0.4, -0.2) is 28.4 Å². The number of hydrogen-bond donors (Lipinski definition) is 2. The second kappa shape index (κ2) is 6.68. The van der Waals surface area contributed by atoms with Crippen molar-refractivity contribution in [3.05, 3.63) is 0 Å². The first-order valence-corrected chi connectivity index (χ1v) is 3.10. The van der Waals surface area contributed by atoms with Crippen LogP contribution in [0, 0.1) is 0 Å². The van der Waals surface area contributed by atoms with Gasteiger partial charge < -0.3 is 20.1 Å². The Morgan fingerprint density at radius 1 is 1.55 bits per heavy atom. The topological polar surface area (TPSA) is 80.6 Å². The fraction of sp³-hybridized carbons (Fsp3) is 0.833. The zero-order valence-electron chi connectivity index (χ0n) is 6.78. The molecule has 60 valence electrons. The number of hydrogen-bond acceptors (Lipinski definition) is 4. The molecule has 5 heteroatoms. The van der Waals surface area contributed by atoms with Crippen LogP contribution in [-0.2, 0) is 4.79 Å². The van der Waals surface area contributed by atoms with Crippen LogP contribution in [0.4, 0.5) is 0 Å². The Morgan fingerprint density at radius 3 is 2.27 bits per heavy atom. The number of aliphatic hydroxyl groups is 2. The van der Waals surface area contributed by atoms with Gasteiger partial charge in [0.1, 0.15) is 0 Å². The summed E-state index contributed by atoms with van der Waals surface area (Å²) >= 11 is 0. The predicted octanol–water partition coefficient (Wildman–Crippen LogP) is -4.74. The van der Waals surface area contributed by atoms with Crippen molar-refractivity contribution in [2.24, 2.45) is 0 Å². The largest absolute Gasteiger partial charge is 1.00 e. The van der Waals surface area contributed by atoms with Crippen molar-refractivity contribution in [2.75, 3.05) is 0 Å². The van der Waals surface area contributed by atoms with Gasteiger partial charge in [0, 0.05) is 5.97 Å². The number of carboxylic acids is 1. The van der Waals surface area contributed by atoms with Crippen molar-refractivity contribution in [3.63, 3.8) is 0 Å². The van der Waals surface area contributed by atoms with E-state index in [1.54, 1.807) is 0 Å². The molecule has 0 aromatic rings. The number of carboxylic acid groups (broad SMARTS) is 1. The van der Waals surface area contributed by atoms with Crippen LogP contribution in [0.5, 0.6) is 0 Å². The van der Waals surface area contributed by atoms with Crippen molar-refractivity contribution in [2.45, 2.75) is 32.0 Å². The molecule has 11 heavy (non-hydrogen) atoms. The molecule has 0 unspecified atom stereocenters. The summed E-state index contributed by atoms with van der Waals surface area (Å²) in [4.78, 5) is 9.82. The maximum atomic E-state index is 9.82. The van der Waals surface area contributed by atoms with Gasteiger partial charge >= 0.3 is 18.9 Å². The predicted molar refractivity (Wildman–Crippen MR) is 31.9 cm³/mol. The first-order valence-electron chi connectivity index (χ1n) is 3.10. The summed E-state index contributed by atoms with van der Waals surface area (Å²) in [6.45, 7) is 1.40. The minimum atomic E-state index is -1.21. The van der Waals surface area contributed by atoms with Crippen molar-refractivity contribution >= 4 is 5.97 Å². The maximum absolute atomic E-state index is 9.82. The van der Waals surface area contributed by atoms with Crippen LogP contribution in [0.15, 0.2) is 0 Å². The normalized spacial score (nSPS) is 14.8. The summed E-state index contributed by atoms with van der Waals surface area (Å²) in [6, 6.07) is 0. The first kappa shape index (κ1) is 13.6. The number of aliphatic hydroxyl groups excluding tert-OH is 2. The molecule has 0 aliphatic heterocycles. The maximum Gasteiger partial charge on any atom is 1.00 e. The summed E-state index contributed by atoms with van der Waals surface area (Å²) in [5.74, 6) is -1.21. The molecule has 0 bridgehead atoms. The Balaban J connectivity index is 0. The van der Waals surface area contributed by atoms with Crippen molar-refractivity contribution < 1.29 is 39.0 Å². The molecule has 0 spiro atoms. The third kappa shape index (κ3) is 7.89. The minimum Gasteiger partial charge on any atom is -0.550 e. The first-order chi connectivity index (χ1) is 4.54. The molecule has 0 heterocycles. The summed E-state index contributed by atoms with van der Waals surface area (Å²) in [5, 5.41) is 27.3. The Labute approximate surface area is 77.4 Å². The van der Waals surface area contributed by atoms with Gasteiger partial charge in [0.15, 0.2) is 0 Å². The van der Waals surface area contributed by atoms with Crippen LogP contribution in [0.3, 0.4) is 0 Å². The molecule has 0 aromatic heterocycles. The molecule has 2 N–H and O–H groups in total. The van der Waals surface area contributed by atoms with Crippen LogP contribution in [0.1, 0.15) is 19.8 Å². The number of rotatable bonds is 4. The molecule has 0 aliphatic carbocycles. The van der Waals surface area contributed by atoms with E-state index in [0.717, 1.165) is 0 Å². The summed E-state index contributed by atoms with van der Waals surface area (Å²) in [6.07, 6.45) is -2.01. The molecule has 0 aromatic carbocycles. The third-order valence-corrected chi connectivity index (χ3v) is 1.20. The van der Waals surface area contributed by atoms with Crippen LogP contribution in [0.2, 0.25) is 0 Å². The quantitative estimate of drug-likeness (QED) is 0.398. The molecule has 4 nitrogen and oxygen atoms in total. The van der Waals surface area contributed by atoms with E-state index >= 15 is 0 Å². The van der Waals surface area contributed by atoms with Crippen molar-refractivity contribution in [3.8, 4) is 0 Å². The Bertz CT molecular complexity index is 115. The number of carbonyl (C=O) groups is 1. The van der Waals surface area contributed by atoms with Gasteiger partial charge in [-0.1, -0.05) is 0 Å². The molecule has 0 radical (unpaired) electrons. The fourth-order valence-electron chi connectivity index (χ4n) is 0.507. The number of carbonyl (C=O) groups excluding carboxylic acids is 1. The summed E-state index contributed by atoms with van der Waals surface area (Å²) in [5.41, 5.74) is 0. The van der Waals surface area contributed by atoms with E-state index in [1.165, 1.54) is 6.92 Å². The molecule has 0 aliphatic rings.